The number of nitrogens with zero attached hydrogens (tertiary/aromatic N) is 1. The van der Waals surface area contributed by atoms with E-state index in [4.69, 9.17) is 0 Å². The summed E-state index contributed by atoms with van der Waals surface area (Å²) in [6.07, 6.45) is 3.39. The predicted molar refractivity (Wildman–Crippen MR) is 48.8 cm³/mol. The van der Waals surface area contributed by atoms with Crippen LogP contribution in [0.4, 0.5) is 0 Å². The Morgan fingerprint density at radius 1 is 1.55 bits per heavy atom. The normalized spacial score (nSPS) is 24.9. The minimum atomic E-state index is -0.0602. The maximum atomic E-state index is 10.4. The first-order chi connectivity index (χ1) is 5.24. The van der Waals surface area contributed by atoms with Gasteiger partial charge < -0.3 is 4.79 Å². The SMILES string of the molecule is CC1CCN(C(Br)C=O)CC1. The number of likely N-dealkylation sites (tertiary alicyclic amines) is 1. The van der Waals surface area contributed by atoms with E-state index in [0.29, 0.717) is 0 Å². The van der Waals surface area contributed by atoms with Gasteiger partial charge in [-0.1, -0.05) is 22.9 Å². The van der Waals surface area contributed by atoms with E-state index in [1.807, 2.05) is 0 Å². The van der Waals surface area contributed by atoms with E-state index < -0.39 is 0 Å². The van der Waals surface area contributed by atoms with Crippen LogP contribution in [0.25, 0.3) is 0 Å². The van der Waals surface area contributed by atoms with Crippen molar-refractivity contribution >= 4 is 22.2 Å². The second kappa shape index (κ2) is 4.21. The molecule has 1 aliphatic heterocycles. The van der Waals surface area contributed by atoms with Crippen molar-refractivity contribution < 1.29 is 4.79 Å². The number of halogens is 1. The van der Waals surface area contributed by atoms with Gasteiger partial charge in [-0.2, -0.15) is 0 Å². The van der Waals surface area contributed by atoms with Gasteiger partial charge >= 0.3 is 0 Å². The molecule has 1 saturated heterocycles. The van der Waals surface area contributed by atoms with Crippen LogP contribution >= 0.6 is 15.9 Å². The van der Waals surface area contributed by atoms with Crippen LogP contribution in [0.3, 0.4) is 0 Å². The molecule has 0 N–H and O–H groups in total. The average Bonchev–Trinajstić information content (AvgIpc) is 2.05. The summed E-state index contributed by atoms with van der Waals surface area (Å²) in [5, 5.41) is 0. The van der Waals surface area contributed by atoms with E-state index in [9.17, 15) is 4.79 Å². The first kappa shape index (κ1) is 9.20. The summed E-state index contributed by atoms with van der Waals surface area (Å²) in [5.41, 5.74) is 0. The second-order valence-electron chi connectivity index (χ2n) is 3.23. The molecule has 0 aliphatic carbocycles. The van der Waals surface area contributed by atoms with Crippen LogP contribution in [0.2, 0.25) is 0 Å². The van der Waals surface area contributed by atoms with Crippen molar-refractivity contribution in [3.63, 3.8) is 0 Å². The summed E-state index contributed by atoms with van der Waals surface area (Å²) < 4.78 is 0. The molecular formula is C8H14BrNO. The van der Waals surface area contributed by atoms with Crippen molar-refractivity contribution in [2.24, 2.45) is 5.92 Å². The van der Waals surface area contributed by atoms with Crippen molar-refractivity contribution in [3.05, 3.63) is 0 Å². The number of hydrogen-bond acceptors (Lipinski definition) is 2. The van der Waals surface area contributed by atoms with Crippen LogP contribution in [-0.4, -0.2) is 29.2 Å². The molecule has 0 amide bonds. The van der Waals surface area contributed by atoms with Gasteiger partial charge in [-0.25, -0.2) is 0 Å². The number of carbonyl (C=O) groups excluding carboxylic acids is 1. The third-order valence-corrected chi connectivity index (χ3v) is 3.07. The van der Waals surface area contributed by atoms with Crippen molar-refractivity contribution in [2.45, 2.75) is 24.7 Å². The molecule has 1 heterocycles. The molecule has 0 radical (unpaired) electrons. The van der Waals surface area contributed by atoms with Crippen LogP contribution in [0.5, 0.6) is 0 Å². The van der Waals surface area contributed by atoms with Gasteiger partial charge in [0, 0.05) is 0 Å². The third-order valence-electron chi connectivity index (χ3n) is 2.28. The first-order valence-corrected chi connectivity index (χ1v) is 4.99. The second-order valence-corrected chi connectivity index (χ2v) is 4.17. The quantitative estimate of drug-likeness (QED) is 0.400. The van der Waals surface area contributed by atoms with Gasteiger partial charge in [0.05, 0.1) is 0 Å². The molecule has 0 aromatic rings. The summed E-state index contributed by atoms with van der Waals surface area (Å²) >= 11 is 3.32. The van der Waals surface area contributed by atoms with Crippen LogP contribution in [0.15, 0.2) is 0 Å². The number of carbonyl (C=O) groups is 1. The smallest absolute Gasteiger partial charge is 0.148 e. The zero-order chi connectivity index (χ0) is 8.27. The fourth-order valence-electron chi connectivity index (χ4n) is 1.36. The molecule has 0 saturated carbocycles. The number of alkyl halides is 1. The number of piperidine rings is 1. The molecule has 3 heteroatoms. The molecule has 1 aliphatic rings. The van der Waals surface area contributed by atoms with Crippen molar-refractivity contribution in [3.8, 4) is 0 Å². The summed E-state index contributed by atoms with van der Waals surface area (Å²) in [7, 11) is 0. The van der Waals surface area contributed by atoms with E-state index in [1.165, 1.54) is 12.8 Å². The Kier molecular flexibility index (Phi) is 3.52. The minimum absolute atomic E-state index is 0.0602. The predicted octanol–water partition coefficient (Wildman–Crippen LogP) is 1.64. The van der Waals surface area contributed by atoms with Crippen LogP contribution in [-0.2, 0) is 4.79 Å². The summed E-state index contributed by atoms with van der Waals surface area (Å²) in [5.74, 6) is 0.831. The molecule has 64 valence electrons. The molecular weight excluding hydrogens is 206 g/mol. The van der Waals surface area contributed by atoms with E-state index in [1.54, 1.807) is 0 Å². The van der Waals surface area contributed by atoms with Crippen molar-refractivity contribution in [1.29, 1.82) is 0 Å². The Morgan fingerprint density at radius 2 is 2.09 bits per heavy atom. The fourth-order valence-corrected chi connectivity index (χ4v) is 1.77. The van der Waals surface area contributed by atoms with E-state index in [2.05, 4.69) is 27.8 Å². The highest BCUT2D eigenvalue weighted by molar-refractivity contribution is 9.09. The Hall–Kier alpha value is 0.110. The first-order valence-electron chi connectivity index (χ1n) is 4.07. The third kappa shape index (κ3) is 2.56. The zero-order valence-electron chi connectivity index (χ0n) is 6.79. The van der Waals surface area contributed by atoms with E-state index >= 15 is 0 Å². The summed E-state index contributed by atoms with van der Waals surface area (Å²) in [6, 6.07) is 0. The highest BCUT2D eigenvalue weighted by Crippen LogP contribution is 2.19. The molecule has 1 unspecified atom stereocenters. The number of rotatable bonds is 2. The Bertz CT molecular complexity index is 132. The van der Waals surface area contributed by atoms with Gasteiger partial charge in [-0.3, -0.25) is 4.90 Å². The lowest BCUT2D eigenvalue weighted by Crippen LogP contribution is -2.38. The standard InChI is InChI=1S/C8H14BrNO/c1-7-2-4-10(5-3-7)8(9)6-11/h6-8H,2-5H2,1H3. The molecule has 0 spiro atoms. The monoisotopic (exact) mass is 219 g/mol. The molecule has 1 rings (SSSR count). The van der Waals surface area contributed by atoms with Crippen LogP contribution in [0.1, 0.15) is 19.8 Å². The average molecular weight is 220 g/mol. The highest BCUT2D eigenvalue weighted by Gasteiger charge is 2.20. The summed E-state index contributed by atoms with van der Waals surface area (Å²) in [6.45, 7) is 4.37. The molecule has 11 heavy (non-hydrogen) atoms. The van der Waals surface area contributed by atoms with Crippen molar-refractivity contribution in [1.82, 2.24) is 4.90 Å². The molecule has 1 atom stereocenters. The molecule has 0 bridgehead atoms. The largest absolute Gasteiger partial charge is 0.301 e. The van der Waals surface area contributed by atoms with Gasteiger partial charge in [0.15, 0.2) is 0 Å². The Labute approximate surface area is 76.1 Å². The van der Waals surface area contributed by atoms with Gasteiger partial charge in [-0.05, 0) is 31.8 Å². The fraction of sp³-hybridized carbons (Fsp3) is 0.875. The van der Waals surface area contributed by atoms with Gasteiger partial charge in [0.25, 0.3) is 0 Å². The zero-order valence-corrected chi connectivity index (χ0v) is 8.38. The maximum Gasteiger partial charge on any atom is 0.148 e. The lowest BCUT2D eigenvalue weighted by molar-refractivity contribution is -0.110. The molecule has 1 fully saturated rings. The highest BCUT2D eigenvalue weighted by atomic mass is 79.9. The van der Waals surface area contributed by atoms with Crippen molar-refractivity contribution in [2.75, 3.05) is 13.1 Å². The van der Waals surface area contributed by atoms with Crippen LogP contribution in [0, 0.1) is 5.92 Å². The van der Waals surface area contributed by atoms with Gasteiger partial charge in [0.2, 0.25) is 0 Å². The molecule has 0 aromatic carbocycles. The van der Waals surface area contributed by atoms with Gasteiger partial charge in [-0.15, -0.1) is 0 Å². The Morgan fingerprint density at radius 3 is 2.55 bits per heavy atom. The molecule has 0 aromatic heterocycles. The Balaban J connectivity index is 2.32. The maximum absolute atomic E-state index is 10.4. The topological polar surface area (TPSA) is 20.3 Å². The number of hydrogen-bond donors (Lipinski definition) is 0. The van der Waals surface area contributed by atoms with E-state index in [-0.39, 0.29) is 4.95 Å². The van der Waals surface area contributed by atoms with Crippen LogP contribution < -0.4 is 0 Å². The summed E-state index contributed by atoms with van der Waals surface area (Å²) in [4.78, 5) is 12.5. The lowest BCUT2D eigenvalue weighted by Gasteiger charge is -2.31. The van der Waals surface area contributed by atoms with E-state index in [0.717, 1.165) is 25.3 Å². The minimum Gasteiger partial charge on any atom is -0.301 e. The number of aldehydes is 1. The lowest BCUT2D eigenvalue weighted by atomic mass is 9.99. The van der Waals surface area contributed by atoms with Gasteiger partial charge in [0.1, 0.15) is 11.2 Å². The molecule has 2 nitrogen and oxygen atoms in total.